The first-order chi connectivity index (χ1) is 15.5. The van der Waals surface area contributed by atoms with E-state index in [4.69, 9.17) is 10.2 Å². The molecule has 160 valence electrons. The maximum Gasteiger partial charge on any atom is 0.353 e. The number of aryl methyl sites for hydroxylation is 1. The molecular weight excluding hydrogens is 410 g/mol. The molecule has 4 heterocycles. The summed E-state index contributed by atoms with van der Waals surface area (Å²) in [5, 5.41) is 4.62. The molecule has 10 nitrogen and oxygen atoms in total. The molecule has 4 aromatic heterocycles. The maximum atomic E-state index is 13.3. The SMILES string of the molecule is C[C@H](c1cocn1)n1nc2c(-c3ccc(=O)n(C)c3)c(-c3ccccc3)nc(N)n2c1=O. The zero-order valence-corrected chi connectivity index (χ0v) is 17.3. The summed E-state index contributed by atoms with van der Waals surface area (Å²) in [6.45, 7) is 1.79. The maximum absolute atomic E-state index is 13.3. The van der Waals surface area contributed by atoms with E-state index in [1.54, 1.807) is 26.2 Å². The van der Waals surface area contributed by atoms with Crippen LogP contribution in [0.15, 0.2) is 75.3 Å². The summed E-state index contributed by atoms with van der Waals surface area (Å²) in [4.78, 5) is 34.0. The average Bonchev–Trinajstić information content (AvgIpc) is 3.45. The molecule has 0 aliphatic heterocycles. The highest BCUT2D eigenvalue weighted by atomic mass is 16.3. The third kappa shape index (κ3) is 3.00. The first kappa shape index (κ1) is 19.5. The second-order valence-electron chi connectivity index (χ2n) is 7.40. The van der Waals surface area contributed by atoms with E-state index >= 15 is 0 Å². The van der Waals surface area contributed by atoms with E-state index in [0.29, 0.717) is 28.2 Å². The van der Waals surface area contributed by atoms with Crippen molar-refractivity contribution in [2.24, 2.45) is 7.05 Å². The predicted octanol–water partition coefficient (Wildman–Crippen LogP) is 2.10. The highest BCUT2D eigenvalue weighted by Crippen LogP contribution is 2.34. The summed E-state index contributed by atoms with van der Waals surface area (Å²) in [5.41, 5.74) is 9.13. The van der Waals surface area contributed by atoms with Gasteiger partial charge >= 0.3 is 5.69 Å². The number of nitrogens with zero attached hydrogens (tertiary/aromatic N) is 6. The minimum Gasteiger partial charge on any atom is -0.451 e. The van der Waals surface area contributed by atoms with Gasteiger partial charge in [-0.25, -0.2) is 23.8 Å². The van der Waals surface area contributed by atoms with Crippen LogP contribution in [0.3, 0.4) is 0 Å². The average molecular weight is 429 g/mol. The molecule has 0 spiro atoms. The summed E-state index contributed by atoms with van der Waals surface area (Å²) in [5.74, 6) is 0.0102. The highest BCUT2D eigenvalue weighted by Gasteiger charge is 2.24. The van der Waals surface area contributed by atoms with Gasteiger partial charge in [-0.3, -0.25) is 4.79 Å². The summed E-state index contributed by atoms with van der Waals surface area (Å²) < 4.78 is 9.09. The van der Waals surface area contributed by atoms with Gasteiger partial charge in [0.05, 0.1) is 17.3 Å². The molecule has 1 atom stereocenters. The van der Waals surface area contributed by atoms with Crippen LogP contribution in [0.5, 0.6) is 0 Å². The zero-order valence-electron chi connectivity index (χ0n) is 17.3. The lowest BCUT2D eigenvalue weighted by atomic mass is 10.0. The van der Waals surface area contributed by atoms with Crippen molar-refractivity contribution in [2.45, 2.75) is 13.0 Å². The Labute approximate surface area is 181 Å². The summed E-state index contributed by atoms with van der Waals surface area (Å²) in [6, 6.07) is 12.1. The monoisotopic (exact) mass is 429 g/mol. The predicted molar refractivity (Wildman–Crippen MR) is 118 cm³/mol. The van der Waals surface area contributed by atoms with Gasteiger partial charge in [-0.1, -0.05) is 30.3 Å². The second-order valence-corrected chi connectivity index (χ2v) is 7.40. The van der Waals surface area contributed by atoms with Gasteiger partial charge in [0.15, 0.2) is 12.0 Å². The Balaban J connectivity index is 1.88. The normalized spacial score (nSPS) is 12.3. The third-order valence-electron chi connectivity index (χ3n) is 5.39. The van der Waals surface area contributed by atoms with Crippen molar-refractivity contribution in [2.75, 3.05) is 5.73 Å². The Morgan fingerprint density at radius 1 is 1.06 bits per heavy atom. The molecule has 5 aromatic rings. The topological polar surface area (TPSA) is 126 Å². The molecule has 0 aliphatic carbocycles. The molecule has 32 heavy (non-hydrogen) atoms. The molecule has 2 N–H and O–H groups in total. The van der Waals surface area contributed by atoms with Gasteiger partial charge in [-0.2, -0.15) is 0 Å². The fourth-order valence-electron chi connectivity index (χ4n) is 3.70. The Morgan fingerprint density at radius 2 is 1.84 bits per heavy atom. The van der Waals surface area contributed by atoms with Crippen LogP contribution in [0.4, 0.5) is 5.95 Å². The van der Waals surface area contributed by atoms with Crippen LogP contribution >= 0.6 is 0 Å². The Hall–Kier alpha value is -4.47. The van der Waals surface area contributed by atoms with Gasteiger partial charge in [0.25, 0.3) is 0 Å². The van der Waals surface area contributed by atoms with Crippen molar-refractivity contribution in [3.8, 4) is 22.4 Å². The van der Waals surface area contributed by atoms with E-state index in [0.717, 1.165) is 5.56 Å². The van der Waals surface area contributed by atoms with Crippen molar-refractivity contribution in [3.63, 3.8) is 0 Å². The number of oxazole rings is 1. The van der Waals surface area contributed by atoms with E-state index in [9.17, 15) is 9.59 Å². The lowest BCUT2D eigenvalue weighted by Gasteiger charge is -2.12. The number of aromatic nitrogens is 6. The number of anilines is 1. The van der Waals surface area contributed by atoms with Crippen molar-refractivity contribution in [3.05, 3.63) is 87.9 Å². The van der Waals surface area contributed by atoms with Gasteiger partial charge in [0, 0.05) is 30.4 Å². The molecule has 1 aromatic carbocycles. The fourth-order valence-corrected chi connectivity index (χ4v) is 3.70. The molecule has 0 aliphatic rings. The lowest BCUT2D eigenvalue weighted by Crippen LogP contribution is -2.26. The van der Waals surface area contributed by atoms with Gasteiger partial charge in [-0.15, -0.1) is 5.10 Å². The van der Waals surface area contributed by atoms with Crippen molar-refractivity contribution >= 4 is 11.6 Å². The minimum absolute atomic E-state index is 0.0102. The van der Waals surface area contributed by atoms with Gasteiger partial charge in [-0.05, 0) is 13.0 Å². The second kappa shape index (κ2) is 7.34. The Kier molecular flexibility index (Phi) is 4.47. The first-order valence-electron chi connectivity index (χ1n) is 9.87. The van der Waals surface area contributed by atoms with E-state index in [1.165, 1.54) is 32.4 Å². The number of nitrogens with two attached hydrogens (primary N) is 1. The number of fused-ring (bicyclic) bond motifs is 1. The first-order valence-corrected chi connectivity index (χ1v) is 9.87. The molecular formula is C22H19N7O3. The van der Waals surface area contributed by atoms with E-state index in [2.05, 4.69) is 15.1 Å². The summed E-state index contributed by atoms with van der Waals surface area (Å²) >= 11 is 0. The van der Waals surface area contributed by atoms with Crippen LogP contribution in [-0.4, -0.2) is 28.7 Å². The molecule has 0 saturated heterocycles. The van der Waals surface area contributed by atoms with Crippen LogP contribution in [0.1, 0.15) is 18.7 Å². The van der Waals surface area contributed by atoms with Gasteiger partial charge in [0.2, 0.25) is 11.5 Å². The number of nitrogen functional groups attached to an aromatic ring is 1. The van der Waals surface area contributed by atoms with Crippen LogP contribution in [0.2, 0.25) is 0 Å². The highest BCUT2D eigenvalue weighted by molar-refractivity contribution is 5.90. The standard InChI is InChI=1S/C22H19N7O3/c1-13(16-11-32-12-24-16)29-22(31)28-20(26-29)18(15-8-9-17(30)27(2)10-15)19(25-21(28)23)14-6-4-3-5-7-14/h3-13H,1-2H3,(H2,23,25)/t13-/m1/s1. The van der Waals surface area contributed by atoms with Crippen molar-refractivity contribution in [1.29, 1.82) is 0 Å². The van der Waals surface area contributed by atoms with E-state index in [-0.39, 0.29) is 11.5 Å². The smallest absolute Gasteiger partial charge is 0.353 e. The quantitative estimate of drug-likeness (QED) is 0.464. The molecule has 10 heteroatoms. The number of hydrogen-bond acceptors (Lipinski definition) is 7. The van der Waals surface area contributed by atoms with Gasteiger partial charge in [0.1, 0.15) is 12.0 Å². The van der Waals surface area contributed by atoms with Crippen molar-refractivity contribution in [1.82, 2.24) is 28.7 Å². The molecule has 0 bridgehead atoms. The molecule has 0 radical (unpaired) electrons. The number of pyridine rings is 1. The fraction of sp³-hybridized carbons (Fsp3) is 0.136. The molecule has 0 amide bonds. The van der Waals surface area contributed by atoms with E-state index in [1.807, 2.05) is 30.3 Å². The molecule has 0 fully saturated rings. The number of hydrogen-bond donors (Lipinski definition) is 1. The number of benzene rings is 1. The Bertz CT molecular complexity index is 1550. The van der Waals surface area contributed by atoms with Crippen LogP contribution < -0.4 is 17.0 Å². The van der Waals surface area contributed by atoms with E-state index < -0.39 is 11.7 Å². The van der Waals surface area contributed by atoms with Gasteiger partial charge < -0.3 is 14.7 Å². The lowest BCUT2D eigenvalue weighted by molar-refractivity contribution is 0.522. The zero-order chi connectivity index (χ0) is 22.4. The van der Waals surface area contributed by atoms with Crippen LogP contribution in [0, 0.1) is 0 Å². The molecule has 5 rings (SSSR count). The van der Waals surface area contributed by atoms with Crippen molar-refractivity contribution < 1.29 is 4.42 Å². The minimum atomic E-state index is -0.492. The summed E-state index contributed by atoms with van der Waals surface area (Å²) in [7, 11) is 1.66. The summed E-state index contributed by atoms with van der Waals surface area (Å²) in [6.07, 6.45) is 4.45. The van der Waals surface area contributed by atoms with Crippen LogP contribution in [0.25, 0.3) is 28.0 Å². The molecule has 0 saturated carbocycles. The van der Waals surface area contributed by atoms with Crippen LogP contribution in [-0.2, 0) is 7.05 Å². The third-order valence-corrected chi connectivity index (χ3v) is 5.39. The number of rotatable bonds is 4. The molecule has 0 unspecified atom stereocenters. The Morgan fingerprint density at radius 3 is 2.53 bits per heavy atom. The largest absolute Gasteiger partial charge is 0.451 e.